The van der Waals surface area contributed by atoms with E-state index in [2.05, 4.69) is 10.3 Å². The molecule has 1 saturated heterocycles. The minimum atomic E-state index is -0.988. The van der Waals surface area contributed by atoms with Crippen molar-refractivity contribution in [2.45, 2.75) is 37.5 Å². The average Bonchev–Trinajstić information content (AvgIpc) is 3.09. The summed E-state index contributed by atoms with van der Waals surface area (Å²) < 4.78 is 5.42. The molecule has 2 N–H and O–H groups in total. The van der Waals surface area contributed by atoms with Crippen molar-refractivity contribution in [3.05, 3.63) is 17.3 Å². The first kappa shape index (κ1) is 10.8. The van der Waals surface area contributed by atoms with Gasteiger partial charge in [0, 0.05) is 11.8 Å². The Bertz CT molecular complexity index is 431. The smallest absolute Gasteiger partial charge is 0.373 e. The molecule has 17 heavy (non-hydrogen) atoms. The van der Waals surface area contributed by atoms with Gasteiger partial charge in [-0.3, -0.25) is 0 Å². The summed E-state index contributed by atoms with van der Waals surface area (Å²) in [5, 5.41) is 12.4. The fourth-order valence-corrected chi connectivity index (χ4v) is 2.38. The van der Waals surface area contributed by atoms with Crippen LogP contribution in [0.3, 0.4) is 0 Å². The molecule has 1 saturated carbocycles. The van der Waals surface area contributed by atoms with E-state index in [1.165, 1.54) is 0 Å². The number of oxazole rings is 1. The Hall–Kier alpha value is -1.36. The standard InChI is InChI=1S/C12H16N2O3/c15-12(16)10-9(7-3-5-13-6-4-7)14-11(17-10)8-1-2-8/h7-8,13H,1-6H2,(H,15,16). The molecule has 5 heteroatoms. The van der Waals surface area contributed by atoms with Gasteiger partial charge in [-0.05, 0) is 38.8 Å². The maximum atomic E-state index is 11.2. The predicted octanol–water partition coefficient (Wildman–Crippen LogP) is 1.72. The van der Waals surface area contributed by atoms with Crippen molar-refractivity contribution in [1.29, 1.82) is 0 Å². The van der Waals surface area contributed by atoms with Crippen molar-refractivity contribution in [3.8, 4) is 0 Å². The van der Waals surface area contributed by atoms with Gasteiger partial charge in [-0.1, -0.05) is 0 Å². The zero-order chi connectivity index (χ0) is 11.8. The number of nitrogens with one attached hydrogen (secondary N) is 1. The molecule has 1 aromatic heterocycles. The second kappa shape index (κ2) is 4.14. The minimum Gasteiger partial charge on any atom is -0.475 e. The molecule has 0 amide bonds. The fourth-order valence-electron chi connectivity index (χ4n) is 2.38. The summed E-state index contributed by atoms with van der Waals surface area (Å²) >= 11 is 0. The Balaban J connectivity index is 1.91. The first-order valence-corrected chi connectivity index (χ1v) is 6.20. The van der Waals surface area contributed by atoms with Gasteiger partial charge in [-0.15, -0.1) is 0 Å². The summed E-state index contributed by atoms with van der Waals surface area (Å²) in [6, 6.07) is 0. The van der Waals surface area contributed by atoms with Gasteiger partial charge in [0.05, 0.1) is 5.69 Å². The van der Waals surface area contributed by atoms with E-state index in [1.807, 2.05) is 0 Å². The molecular weight excluding hydrogens is 220 g/mol. The van der Waals surface area contributed by atoms with Crippen LogP contribution in [0.1, 0.15) is 59.7 Å². The second-order valence-corrected chi connectivity index (χ2v) is 4.87. The average molecular weight is 236 g/mol. The quantitative estimate of drug-likeness (QED) is 0.835. The number of rotatable bonds is 3. The Kier molecular flexibility index (Phi) is 2.63. The molecular formula is C12H16N2O3. The summed E-state index contributed by atoms with van der Waals surface area (Å²) in [5.41, 5.74) is 0.668. The van der Waals surface area contributed by atoms with Gasteiger partial charge < -0.3 is 14.8 Å². The first-order valence-electron chi connectivity index (χ1n) is 6.20. The van der Waals surface area contributed by atoms with Crippen LogP contribution in [0.15, 0.2) is 4.42 Å². The molecule has 0 atom stereocenters. The Morgan fingerprint density at radius 1 is 1.24 bits per heavy atom. The van der Waals surface area contributed by atoms with E-state index in [0.29, 0.717) is 17.5 Å². The summed E-state index contributed by atoms with van der Waals surface area (Å²) in [7, 11) is 0. The third-order valence-corrected chi connectivity index (χ3v) is 3.52. The monoisotopic (exact) mass is 236 g/mol. The van der Waals surface area contributed by atoms with Crippen molar-refractivity contribution in [1.82, 2.24) is 10.3 Å². The Morgan fingerprint density at radius 2 is 1.94 bits per heavy atom. The van der Waals surface area contributed by atoms with Crippen LogP contribution in [0, 0.1) is 0 Å². The van der Waals surface area contributed by atoms with E-state index < -0.39 is 5.97 Å². The van der Waals surface area contributed by atoms with Crippen molar-refractivity contribution < 1.29 is 14.3 Å². The summed E-state index contributed by atoms with van der Waals surface area (Å²) in [5.74, 6) is 0.315. The van der Waals surface area contributed by atoms with Crippen LogP contribution in [-0.2, 0) is 0 Å². The highest BCUT2D eigenvalue weighted by atomic mass is 16.4. The van der Waals surface area contributed by atoms with Crippen LogP contribution in [-0.4, -0.2) is 29.1 Å². The zero-order valence-corrected chi connectivity index (χ0v) is 9.61. The van der Waals surface area contributed by atoms with Gasteiger partial charge in [0.25, 0.3) is 0 Å². The van der Waals surface area contributed by atoms with Gasteiger partial charge in [0.2, 0.25) is 5.76 Å². The SMILES string of the molecule is O=C(O)c1oc(C2CC2)nc1C1CCNCC1. The normalized spacial score (nSPS) is 21.6. The van der Waals surface area contributed by atoms with E-state index in [0.717, 1.165) is 38.8 Å². The molecule has 2 aliphatic rings. The summed E-state index contributed by atoms with van der Waals surface area (Å²) in [6.07, 6.45) is 4.03. The second-order valence-electron chi connectivity index (χ2n) is 4.87. The number of piperidine rings is 1. The Morgan fingerprint density at radius 3 is 2.53 bits per heavy atom. The lowest BCUT2D eigenvalue weighted by molar-refractivity contribution is 0.0657. The lowest BCUT2D eigenvalue weighted by Gasteiger charge is -2.20. The van der Waals surface area contributed by atoms with Crippen LogP contribution in [0.25, 0.3) is 0 Å². The first-order chi connectivity index (χ1) is 8.25. The predicted molar refractivity (Wildman–Crippen MR) is 60.3 cm³/mol. The molecule has 3 rings (SSSR count). The van der Waals surface area contributed by atoms with Gasteiger partial charge in [-0.2, -0.15) is 0 Å². The number of aromatic carboxylic acids is 1. The van der Waals surface area contributed by atoms with Crippen LogP contribution in [0.5, 0.6) is 0 Å². The van der Waals surface area contributed by atoms with Crippen molar-refractivity contribution in [2.24, 2.45) is 0 Å². The van der Waals surface area contributed by atoms with Crippen LogP contribution in [0.4, 0.5) is 0 Å². The van der Waals surface area contributed by atoms with Crippen molar-refractivity contribution >= 4 is 5.97 Å². The van der Waals surface area contributed by atoms with Crippen LogP contribution >= 0.6 is 0 Å². The molecule has 0 bridgehead atoms. The molecule has 0 unspecified atom stereocenters. The highest BCUT2D eigenvalue weighted by Gasteiger charge is 2.34. The number of carbonyl (C=O) groups is 1. The third-order valence-electron chi connectivity index (χ3n) is 3.52. The van der Waals surface area contributed by atoms with Crippen LogP contribution in [0.2, 0.25) is 0 Å². The molecule has 0 spiro atoms. The maximum Gasteiger partial charge on any atom is 0.373 e. The summed E-state index contributed by atoms with van der Waals surface area (Å²) in [6.45, 7) is 1.85. The fraction of sp³-hybridized carbons (Fsp3) is 0.667. The molecule has 2 heterocycles. The van der Waals surface area contributed by atoms with E-state index in [1.54, 1.807) is 0 Å². The van der Waals surface area contributed by atoms with Crippen LogP contribution < -0.4 is 5.32 Å². The number of aromatic nitrogens is 1. The zero-order valence-electron chi connectivity index (χ0n) is 9.61. The minimum absolute atomic E-state index is 0.0683. The van der Waals surface area contributed by atoms with Crippen molar-refractivity contribution in [2.75, 3.05) is 13.1 Å². The topological polar surface area (TPSA) is 75.4 Å². The van der Waals surface area contributed by atoms with Gasteiger partial charge in [0.15, 0.2) is 5.89 Å². The number of hydrogen-bond acceptors (Lipinski definition) is 4. The molecule has 1 aliphatic carbocycles. The number of carboxylic acid groups (broad SMARTS) is 1. The lowest BCUT2D eigenvalue weighted by Crippen LogP contribution is -2.27. The highest BCUT2D eigenvalue weighted by Crippen LogP contribution is 2.41. The highest BCUT2D eigenvalue weighted by molar-refractivity contribution is 5.85. The summed E-state index contributed by atoms with van der Waals surface area (Å²) in [4.78, 5) is 15.6. The molecule has 0 aromatic carbocycles. The molecule has 92 valence electrons. The maximum absolute atomic E-state index is 11.2. The molecule has 2 fully saturated rings. The number of nitrogens with zero attached hydrogens (tertiary/aromatic N) is 1. The van der Waals surface area contributed by atoms with E-state index in [4.69, 9.17) is 9.52 Å². The van der Waals surface area contributed by atoms with Gasteiger partial charge in [-0.25, -0.2) is 9.78 Å². The Labute approximate surface area is 99.2 Å². The molecule has 5 nitrogen and oxygen atoms in total. The molecule has 0 radical (unpaired) electrons. The van der Waals surface area contributed by atoms with Gasteiger partial charge >= 0.3 is 5.97 Å². The molecule has 1 aliphatic heterocycles. The third kappa shape index (κ3) is 2.07. The largest absolute Gasteiger partial charge is 0.475 e. The van der Waals surface area contributed by atoms with E-state index in [9.17, 15) is 4.79 Å². The number of hydrogen-bond donors (Lipinski definition) is 2. The van der Waals surface area contributed by atoms with E-state index >= 15 is 0 Å². The lowest BCUT2D eigenvalue weighted by atomic mass is 9.93. The molecule has 1 aromatic rings. The van der Waals surface area contributed by atoms with Crippen molar-refractivity contribution in [3.63, 3.8) is 0 Å². The van der Waals surface area contributed by atoms with Gasteiger partial charge in [0.1, 0.15) is 0 Å². The van der Waals surface area contributed by atoms with E-state index in [-0.39, 0.29) is 11.7 Å². The number of carboxylic acids is 1.